The van der Waals surface area contributed by atoms with Gasteiger partial charge in [0, 0.05) is 24.6 Å². The predicted octanol–water partition coefficient (Wildman–Crippen LogP) is 2.35. The monoisotopic (exact) mass is 322 g/mol. The Bertz CT molecular complexity index is 871. The van der Waals surface area contributed by atoms with Crippen molar-refractivity contribution < 1.29 is 9.21 Å². The first kappa shape index (κ1) is 15.9. The Balaban J connectivity index is 1.61. The molecule has 1 aromatic rings. The molecule has 1 amide bonds. The maximum absolute atomic E-state index is 11.9. The van der Waals surface area contributed by atoms with Crippen molar-refractivity contribution in [1.29, 1.82) is 0 Å². The molecule has 5 heteroatoms. The Kier molecular flexibility index (Phi) is 4.70. The van der Waals surface area contributed by atoms with Crippen molar-refractivity contribution in [2.75, 3.05) is 6.54 Å². The fourth-order valence-electron chi connectivity index (χ4n) is 2.54. The molecule has 2 aliphatic rings. The highest BCUT2D eigenvalue weighted by Crippen LogP contribution is 2.23. The number of hydrogen-bond donors (Lipinski definition) is 1. The highest BCUT2D eigenvalue weighted by Gasteiger charge is 2.12. The summed E-state index contributed by atoms with van der Waals surface area (Å²) in [7, 11) is 0. The fraction of sp³-hybridized carbons (Fsp3) is 0.211. The molecule has 3 rings (SSSR count). The number of benzene rings is 2. The summed E-state index contributed by atoms with van der Waals surface area (Å²) in [6.45, 7) is 2.31. The number of aromatic nitrogens is 1. The van der Waals surface area contributed by atoms with E-state index in [2.05, 4.69) is 10.3 Å². The van der Waals surface area contributed by atoms with Crippen LogP contribution in [0.4, 0.5) is 0 Å². The van der Waals surface area contributed by atoms with Crippen LogP contribution in [0.25, 0.3) is 11.3 Å². The third-order valence-electron chi connectivity index (χ3n) is 3.73. The van der Waals surface area contributed by atoms with Crippen molar-refractivity contribution in [3.8, 4) is 11.3 Å². The first-order chi connectivity index (χ1) is 11.6. The van der Waals surface area contributed by atoms with Crippen LogP contribution in [0.2, 0.25) is 0 Å². The normalized spacial score (nSPS) is 10.7. The molecule has 0 atom stereocenters. The molecule has 5 nitrogen and oxygen atoms in total. The zero-order chi connectivity index (χ0) is 16.9. The van der Waals surface area contributed by atoms with Gasteiger partial charge in [-0.1, -0.05) is 30.3 Å². The maximum atomic E-state index is 11.9. The average Bonchev–Trinajstić information content (AvgIpc) is 2.55. The Labute approximate surface area is 139 Å². The van der Waals surface area contributed by atoms with Crippen LogP contribution in [0.5, 0.6) is 0 Å². The molecule has 0 saturated heterocycles. The van der Waals surface area contributed by atoms with E-state index in [0.717, 1.165) is 16.8 Å². The molecule has 0 saturated carbocycles. The van der Waals surface area contributed by atoms with E-state index in [1.54, 1.807) is 6.07 Å². The van der Waals surface area contributed by atoms with E-state index < -0.39 is 0 Å². The summed E-state index contributed by atoms with van der Waals surface area (Å²) in [4.78, 5) is 27.8. The van der Waals surface area contributed by atoms with Gasteiger partial charge in [-0.15, -0.1) is 0 Å². The molecule has 0 aromatic heterocycles. The van der Waals surface area contributed by atoms with Gasteiger partial charge in [0.2, 0.25) is 5.91 Å². The molecule has 0 bridgehead atoms. The van der Waals surface area contributed by atoms with E-state index in [1.165, 1.54) is 12.1 Å². The molecule has 0 fully saturated rings. The molecule has 24 heavy (non-hydrogen) atoms. The topological polar surface area (TPSA) is 72.2 Å². The van der Waals surface area contributed by atoms with Crippen LogP contribution in [-0.4, -0.2) is 17.4 Å². The number of nitrogens with zero attached hydrogens (tertiary/aromatic N) is 1. The van der Waals surface area contributed by atoms with Gasteiger partial charge in [0.25, 0.3) is 0 Å². The summed E-state index contributed by atoms with van der Waals surface area (Å²) >= 11 is 0. The van der Waals surface area contributed by atoms with Gasteiger partial charge < -0.3 is 9.73 Å². The Morgan fingerprint density at radius 3 is 2.75 bits per heavy atom. The Morgan fingerprint density at radius 2 is 1.96 bits per heavy atom. The van der Waals surface area contributed by atoms with Crippen LogP contribution in [0.15, 0.2) is 57.7 Å². The van der Waals surface area contributed by atoms with Gasteiger partial charge in [-0.05, 0) is 24.6 Å². The van der Waals surface area contributed by atoms with Gasteiger partial charge >= 0.3 is 0 Å². The molecule has 1 aliphatic heterocycles. The van der Waals surface area contributed by atoms with Crippen LogP contribution >= 0.6 is 0 Å². The fourth-order valence-corrected chi connectivity index (χ4v) is 2.54. The number of hydrogen-bond acceptors (Lipinski definition) is 4. The van der Waals surface area contributed by atoms with Gasteiger partial charge in [-0.2, -0.15) is 0 Å². The van der Waals surface area contributed by atoms with Gasteiger partial charge in [-0.25, -0.2) is 4.98 Å². The van der Waals surface area contributed by atoms with E-state index in [0.29, 0.717) is 31.0 Å². The molecule has 0 spiro atoms. The lowest BCUT2D eigenvalue weighted by Gasteiger charge is -2.10. The standard InChI is InChI=1S/C19H18N2O3/c1-13-16-8-7-15(22)12-17(16)24-19(21-13)9-10-20-18(23)11-14-5-3-2-4-6-14/h2-8,12H,9-11H2,1H3,(H,20,23). The molecule has 122 valence electrons. The van der Waals surface area contributed by atoms with Gasteiger partial charge in [-0.3, -0.25) is 9.59 Å². The zero-order valence-electron chi connectivity index (χ0n) is 13.4. The maximum Gasteiger partial charge on any atom is 0.224 e. The van der Waals surface area contributed by atoms with Crippen LogP contribution < -0.4 is 10.7 Å². The highest BCUT2D eigenvalue weighted by atomic mass is 16.3. The number of rotatable bonds is 5. The molecule has 1 N–H and O–H groups in total. The number of carbonyl (C=O) groups is 1. The van der Waals surface area contributed by atoms with E-state index in [1.807, 2.05) is 37.3 Å². The van der Waals surface area contributed by atoms with Crippen LogP contribution in [0, 0.1) is 6.92 Å². The van der Waals surface area contributed by atoms with E-state index in [9.17, 15) is 9.59 Å². The van der Waals surface area contributed by atoms with Crippen LogP contribution in [0.1, 0.15) is 17.1 Å². The molecule has 0 radical (unpaired) electrons. The number of nitrogens with one attached hydrogen (secondary N) is 1. The van der Waals surface area contributed by atoms with Crippen LogP contribution in [-0.2, 0) is 17.6 Å². The molecular formula is C19H18N2O3. The highest BCUT2D eigenvalue weighted by molar-refractivity contribution is 5.78. The van der Waals surface area contributed by atoms with Crippen LogP contribution in [0.3, 0.4) is 0 Å². The van der Waals surface area contributed by atoms with Crippen molar-refractivity contribution in [2.45, 2.75) is 19.8 Å². The summed E-state index contributed by atoms with van der Waals surface area (Å²) in [6.07, 6.45) is 0.822. The lowest BCUT2D eigenvalue weighted by molar-refractivity contribution is -0.120. The SMILES string of the molecule is Cc1nc(CCNC(=O)Cc2ccccc2)oc2cc(=O)ccc1-2. The molecular weight excluding hydrogens is 304 g/mol. The minimum atomic E-state index is -0.0982. The zero-order valence-corrected chi connectivity index (χ0v) is 13.4. The summed E-state index contributed by atoms with van der Waals surface area (Å²) in [5, 5.41) is 2.86. The van der Waals surface area contributed by atoms with Crippen molar-refractivity contribution in [3.05, 3.63) is 75.9 Å². The Hall–Kier alpha value is -2.95. The second-order valence-corrected chi connectivity index (χ2v) is 5.61. The van der Waals surface area contributed by atoms with Gasteiger partial charge in [0.1, 0.15) is 5.76 Å². The third kappa shape index (κ3) is 3.87. The molecule has 1 aromatic carbocycles. The van der Waals surface area contributed by atoms with E-state index in [-0.39, 0.29) is 11.3 Å². The first-order valence-corrected chi connectivity index (χ1v) is 7.83. The average molecular weight is 322 g/mol. The summed E-state index contributed by atoms with van der Waals surface area (Å²) in [5.41, 5.74) is 2.51. The molecule has 0 unspecified atom stereocenters. The lowest BCUT2D eigenvalue weighted by atomic mass is 10.1. The van der Waals surface area contributed by atoms with Crippen molar-refractivity contribution in [2.24, 2.45) is 0 Å². The second kappa shape index (κ2) is 7.08. The minimum Gasteiger partial charge on any atom is -0.442 e. The summed E-state index contributed by atoms with van der Waals surface area (Å²) in [5.74, 6) is 0.992. The van der Waals surface area contributed by atoms with Crippen molar-refractivity contribution in [3.63, 3.8) is 0 Å². The summed E-state index contributed by atoms with van der Waals surface area (Å²) in [6, 6.07) is 14.3. The number of fused-ring (bicyclic) bond motifs is 1. The predicted molar refractivity (Wildman–Crippen MR) is 91.0 cm³/mol. The second-order valence-electron chi connectivity index (χ2n) is 5.61. The summed E-state index contributed by atoms with van der Waals surface area (Å²) < 4.78 is 5.66. The molecule has 1 heterocycles. The number of aryl methyl sites for hydroxylation is 1. The van der Waals surface area contributed by atoms with E-state index in [4.69, 9.17) is 4.42 Å². The number of amides is 1. The largest absolute Gasteiger partial charge is 0.442 e. The third-order valence-corrected chi connectivity index (χ3v) is 3.73. The van der Waals surface area contributed by atoms with E-state index >= 15 is 0 Å². The molecule has 1 aliphatic carbocycles. The quantitative estimate of drug-likeness (QED) is 0.782. The van der Waals surface area contributed by atoms with Gasteiger partial charge in [0.05, 0.1) is 12.1 Å². The lowest BCUT2D eigenvalue weighted by Crippen LogP contribution is -2.27. The first-order valence-electron chi connectivity index (χ1n) is 7.83. The van der Waals surface area contributed by atoms with Crippen molar-refractivity contribution in [1.82, 2.24) is 10.3 Å². The number of carbonyl (C=O) groups excluding carboxylic acids is 1. The smallest absolute Gasteiger partial charge is 0.224 e. The van der Waals surface area contributed by atoms with Crippen molar-refractivity contribution >= 4 is 5.91 Å². The van der Waals surface area contributed by atoms with Gasteiger partial charge in [0.15, 0.2) is 11.3 Å². The minimum absolute atomic E-state index is 0.0412. The Morgan fingerprint density at radius 1 is 1.17 bits per heavy atom.